The molecule has 2 N–H and O–H groups in total. The Balaban J connectivity index is 2.79. The van der Waals surface area contributed by atoms with Crippen molar-refractivity contribution < 1.29 is 22.3 Å². The Bertz CT molecular complexity index is 462. The third kappa shape index (κ3) is 4.27. The Morgan fingerprint density at radius 1 is 1.35 bits per heavy atom. The highest BCUT2D eigenvalue weighted by molar-refractivity contribution is 7.93. The first-order valence-corrected chi connectivity index (χ1v) is 6.50. The summed E-state index contributed by atoms with van der Waals surface area (Å²) in [5, 5.41) is 8.65. The van der Waals surface area contributed by atoms with Gasteiger partial charge in [-0.15, -0.1) is 0 Å². The lowest BCUT2D eigenvalue weighted by Gasteiger charge is -2.08. The number of halogens is 2. The molecule has 4 nitrogen and oxygen atoms in total. The number of nitrogens with one attached hydrogen (secondary N) is 1. The van der Waals surface area contributed by atoms with Crippen molar-refractivity contribution in [3.05, 3.63) is 29.8 Å². The predicted octanol–water partition coefficient (Wildman–Crippen LogP) is 1.58. The van der Waals surface area contributed by atoms with Crippen molar-refractivity contribution >= 4 is 15.7 Å². The van der Waals surface area contributed by atoms with E-state index in [9.17, 15) is 17.2 Å². The minimum absolute atomic E-state index is 0.0208. The van der Waals surface area contributed by atoms with Crippen molar-refractivity contribution in [2.75, 3.05) is 11.3 Å². The van der Waals surface area contributed by atoms with Crippen LogP contribution in [0.5, 0.6) is 0 Å². The zero-order chi connectivity index (χ0) is 12.9. The number of rotatable bonds is 6. The van der Waals surface area contributed by atoms with E-state index < -0.39 is 15.8 Å². The summed E-state index contributed by atoms with van der Waals surface area (Å²) in [4.78, 5) is 0. The van der Waals surface area contributed by atoms with Gasteiger partial charge < -0.3 is 5.11 Å². The fourth-order valence-corrected chi connectivity index (χ4v) is 1.83. The molecule has 0 atom stereocenters. The van der Waals surface area contributed by atoms with E-state index in [1.165, 1.54) is 12.1 Å². The van der Waals surface area contributed by atoms with Gasteiger partial charge in [0.25, 0.3) is 10.0 Å². The summed E-state index contributed by atoms with van der Waals surface area (Å²) in [5.74, 6) is -3.46. The van der Waals surface area contributed by atoms with Crippen LogP contribution < -0.4 is 4.72 Å². The van der Waals surface area contributed by atoms with Gasteiger partial charge in [-0.2, -0.15) is 8.78 Å². The summed E-state index contributed by atoms with van der Waals surface area (Å²) in [5.41, 5.74) is 0.870. The largest absolute Gasteiger partial charge is 0.396 e. The smallest absolute Gasteiger partial charge is 0.355 e. The first kappa shape index (κ1) is 13.9. The second-order valence-electron chi connectivity index (χ2n) is 3.44. The van der Waals surface area contributed by atoms with E-state index in [2.05, 4.69) is 0 Å². The van der Waals surface area contributed by atoms with Crippen LogP contribution in [0.15, 0.2) is 24.3 Å². The summed E-state index contributed by atoms with van der Waals surface area (Å²) >= 11 is 0. The molecule has 0 aliphatic heterocycles. The fourth-order valence-electron chi connectivity index (χ4n) is 1.28. The molecule has 0 aliphatic rings. The van der Waals surface area contributed by atoms with Gasteiger partial charge >= 0.3 is 5.76 Å². The zero-order valence-corrected chi connectivity index (χ0v) is 9.75. The molecule has 0 heterocycles. The number of aliphatic hydroxyl groups excluding tert-OH is 1. The molecule has 0 radical (unpaired) electrons. The topological polar surface area (TPSA) is 66.4 Å². The summed E-state index contributed by atoms with van der Waals surface area (Å²) in [7, 11) is -4.62. The van der Waals surface area contributed by atoms with Gasteiger partial charge in [0.05, 0.1) is 0 Å². The number of aryl methyl sites for hydroxylation is 1. The first-order valence-electron chi connectivity index (χ1n) is 4.95. The highest BCUT2D eigenvalue weighted by Gasteiger charge is 2.23. The quantitative estimate of drug-likeness (QED) is 0.820. The molecule has 1 aromatic rings. The van der Waals surface area contributed by atoms with Crippen molar-refractivity contribution in [2.24, 2.45) is 0 Å². The second kappa shape index (κ2) is 5.92. The summed E-state index contributed by atoms with van der Waals surface area (Å²) in [6.07, 6.45) is 1.09. The molecule has 0 bridgehead atoms. The van der Waals surface area contributed by atoms with Crippen LogP contribution in [0.25, 0.3) is 0 Å². The highest BCUT2D eigenvalue weighted by Crippen LogP contribution is 2.16. The maximum atomic E-state index is 12.1. The number of hydrogen-bond donors (Lipinski definition) is 2. The molecular weight excluding hydrogens is 252 g/mol. The molecule has 0 amide bonds. The van der Waals surface area contributed by atoms with E-state index in [1.54, 1.807) is 16.9 Å². The fraction of sp³-hybridized carbons (Fsp3) is 0.400. The number of anilines is 1. The van der Waals surface area contributed by atoms with Gasteiger partial charge in [-0.1, -0.05) is 12.1 Å². The third-order valence-electron chi connectivity index (χ3n) is 2.05. The van der Waals surface area contributed by atoms with E-state index in [0.29, 0.717) is 12.8 Å². The molecule has 0 fully saturated rings. The van der Waals surface area contributed by atoms with Gasteiger partial charge in [-0.25, -0.2) is 8.42 Å². The van der Waals surface area contributed by atoms with Crippen molar-refractivity contribution in [3.63, 3.8) is 0 Å². The molecule has 96 valence electrons. The second-order valence-corrected chi connectivity index (χ2v) is 5.09. The molecule has 0 saturated heterocycles. The number of hydrogen-bond acceptors (Lipinski definition) is 3. The maximum Gasteiger partial charge on any atom is 0.355 e. The van der Waals surface area contributed by atoms with E-state index >= 15 is 0 Å². The lowest BCUT2D eigenvalue weighted by Crippen LogP contribution is -2.20. The van der Waals surface area contributed by atoms with Crippen molar-refractivity contribution in [3.8, 4) is 0 Å². The van der Waals surface area contributed by atoms with E-state index in [1.807, 2.05) is 0 Å². The lowest BCUT2D eigenvalue weighted by molar-refractivity contribution is 0.236. The van der Waals surface area contributed by atoms with Crippen LogP contribution in [-0.4, -0.2) is 25.9 Å². The van der Waals surface area contributed by atoms with Crippen molar-refractivity contribution in [1.29, 1.82) is 0 Å². The molecule has 0 spiro atoms. The third-order valence-corrected chi connectivity index (χ3v) is 3.03. The summed E-state index contributed by atoms with van der Waals surface area (Å²) in [6, 6.07) is 6.16. The molecule has 0 aliphatic carbocycles. The van der Waals surface area contributed by atoms with E-state index in [-0.39, 0.29) is 12.3 Å². The zero-order valence-electron chi connectivity index (χ0n) is 8.94. The first-order chi connectivity index (χ1) is 7.95. The highest BCUT2D eigenvalue weighted by atomic mass is 32.2. The van der Waals surface area contributed by atoms with Crippen LogP contribution in [-0.2, 0) is 16.4 Å². The SMILES string of the molecule is O=S(=O)(Nc1cccc(CCCO)c1)C(F)F. The Morgan fingerprint density at radius 3 is 2.65 bits per heavy atom. The van der Waals surface area contributed by atoms with Gasteiger partial charge in [0.1, 0.15) is 0 Å². The molecule has 17 heavy (non-hydrogen) atoms. The lowest BCUT2D eigenvalue weighted by atomic mass is 10.1. The van der Waals surface area contributed by atoms with Gasteiger partial charge in [0.2, 0.25) is 0 Å². The summed E-state index contributed by atoms with van der Waals surface area (Å²) in [6.45, 7) is 0.0208. The van der Waals surface area contributed by atoms with Crippen LogP contribution in [0.3, 0.4) is 0 Å². The van der Waals surface area contributed by atoms with Crippen LogP contribution >= 0.6 is 0 Å². The minimum atomic E-state index is -4.62. The predicted molar refractivity (Wildman–Crippen MR) is 60.4 cm³/mol. The van der Waals surface area contributed by atoms with Crippen molar-refractivity contribution in [1.82, 2.24) is 0 Å². The van der Waals surface area contributed by atoms with Crippen LogP contribution in [0, 0.1) is 0 Å². The standard InChI is InChI=1S/C10H13F2NO3S/c11-10(12)17(15,16)13-9-5-1-3-8(7-9)4-2-6-14/h1,3,5,7,10,13-14H,2,4,6H2. The Hall–Kier alpha value is -1.21. The number of alkyl halides is 2. The monoisotopic (exact) mass is 265 g/mol. The molecule has 0 aromatic heterocycles. The minimum Gasteiger partial charge on any atom is -0.396 e. The maximum absolute atomic E-state index is 12.1. The number of benzene rings is 1. The number of aliphatic hydroxyl groups is 1. The van der Waals surface area contributed by atoms with E-state index in [4.69, 9.17) is 5.11 Å². The number of sulfonamides is 1. The van der Waals surface area contributed by atoms with Crippen molar-refractivity contribution in [2.45, 2.75) is 18.6 Å². The normalized spacial score (nSPS) is 11.8. The van der Waals surface area contributed by atoms with Crippen LogP contribution in [0.2, 0.25) is 0 Å². The molecule has 0 unspecified atom stereocenters. The van der Waals surface area contributed by atoms with Gasteiger partial charge in [0.15, 0.2) is 0 Å². The molecule has 0 saturated carbocycles. The van der Waals surface area contributed by atoms with E-state index in [0.717, 1.165) is 5.56 Å². The molecule has 1 aromatic carbocycles. The Morgan fingerprint density at radius 2 is 2.06 bits per heavy atom. The Labute approximate surface area is 98.3 Å². The van der Waals surface area contributed by atoms with Crippen LogP contribution in [0.4, 0.5) is 14.5 Å². The summed E-state index contributed by atoms with van der Waals surface area (Å²) < 4.78 is 47.9. The average Bonchev–Trinajstić information content (AvgIpc) is 2.26. The van der Waals surface area contributed by atoms with Crippen LogP contribution in [0.1, 0.15) is 12.0 Å². The van der Waals surface area contributed by atoms with Gasteiger partial charge in [0, 0.05) is 12.3 Å². The Kier molecular flexibility index (Phi) is 4.83. The van der Waals surface area contributed by atoms with Gasteiger partial charge in [-0.05, 0) is 30.5 Å². The molecule has 7 heteroatoms. The molecular formula is C10H13F2NO3S. The van der Waals surface area contributed by atoms with Gasteiger partial charge in [-0.3, -0.25) is 4.72 Å². The average molecular weight is 265 g/mol. The molecule has 1 rings (SSSR count).